The third-order valence-corrected chi connectivity index (χ3v) is 8.78. The molecule has 0 unspecified atom stereocenters. The number of ether oxygens (including phenoxy) is 1. The van der Waals surface area contributed by atoms with E-state index in [-0.39, 0.29) is 6.61 Å². The second-order valence-corrected chi connectivity index (χ2v) is 9.35. The first-order valence-electron chi connectivity index (χ1n) is 8.42. The number of carbonyl (C=O) groups is 1. The number of methoxy groups -OCH3 is 1. The molecule has 0 fully saturated rings. The molecule has 0 aromatic heterocycles. The summed E-state index contributed by atoms with van der Waals surface area (Å²) in [4.78, 5) is 12.6. The molecule has 0 spiro atoms. The lowest BCUT2D eigenvalue weighted by molar-refractivity contribution is -0.112. The maximum Gasteiger partial charge on any atom is 0.248 e. The molecule has 26 heavy (non-hydrogen) atoms. The van der Waals surface area contributed by atoms with E-state index in [1.807, 2.05) is 54.6 Å². The van der Waals surface area contributed by atoms with Crippen molar-refractivity contribution in [3.05, 3.63) is 91.0 Å². The summed E-state index contributed by atoms with van der Waals surface area (Å²) in [7, 11) is 1.60. The lowest BCUT2D eigenvalue weighted by atomic mass is 10.3. The van der Waals surface area contributed by atoms with Crippen LogP contribution in [0.15, 0.2) is 91.0 Å². The van der Waals surface area contributed by atoms with Crippen molar-refractivity contribution in [2.75, 3.05) is 13.7 Å². The van der Waals surface area contributed by atoms with Gasteiger partial charge in [0.05, 0.1) is 11.9 Å². The quantitative estimate of drug-likeness (QED) is 0.683. The summed E-state index contributed by atoms with van der Waals surface area (Å²) in [6, 6.07) is 30.4. The zero-order valence-corrected chi connectivity index (χ0v) is 15.6. The number of benzene rings is 3. The van der Waals surface area contributed by atoms with Gasteiger partial charge in [-0.05, 0) is 22.8 Å². The van der Waals surface area contributed by atoms with Crippen LogP contribution in [0.4, 0.5) is 0 Å². The Bertz CT molecular complexity index is 819. The molecule has 3 aromatic rings. The predicted molar refractivity (Wildman–Crippen MR) is 111 cm³/mol. The average Bonchev–Trinajstić information content (AvgIpc) is 2.70. The lowest BCUT2D eigenvalue weighted by Gasteiger charge is -2.31. The van der Waals surface area contributed by atoms with Crippen LogP contribution in [-0.2, 0) is 9.53 Å². The maximum atomic E-state index is 12.6. The van der Waals surface area contributed by atoms with E-state index in [9.17, 15) is 4.79 Å². The molecule has 2 N–H and O–H groups in total. The fourth-order valence-electron chi connectivity index (χ4n) is 3.34. The summed E-state index contributed by atoms with van der Waals surface area (Å²) in [5.41, 5.74) is 5.89. The lowest BCUT2D eigenvalue weighted by Crippen LogP contribution is -2.38. The topological polar surface area (TPSA) is 52.3 Å². The van der Waals surface area contributed by atoms with Gasteiger partial charge in [0.25, 0.3) is 0 Å². The van der Waals surface area contributed by atoms with Crippen LogP contribution in [0.3, 0.4) is 0 Å². The molecule has 132 valence electrons. The van der Waals surface area contributed by atoms with Crippen LogP contribution in [0.2, 0.25) is 0 Å². The van der Waals surface area contributed by atoms with E-state index in [0.29, 0.717) is 5.29 Å². The van der Waals surface area contributed by atoms with Crippen molar-refractivity contribution in [2.24, 2.45) is 5.73 Å². The Hall–Kier alpha value is -2.61. The van der Waals surface area contributed by atoms with Gasteiger partial charge in [0.1, 0.15) is 0 Å². The fraction of sp³-hybridized carbons (Fsp3) is 0.0909. The van der Waals surface area contributed by atoms with E-state index in [1.165, 1.54) is 0 Å². The molecule has 0 radical (unpaired) electrons. The number of hydrogen-bond donors (Lipinski definition) is 1. The highest BCUT2D eigenvalue weighted by Crippen LogP contribution is 2.46. The highest BCUT2D eigenvalue weighted by Gasteiger charge is 2.31. The first-order chi connectivity index (χ1) is 12.7. The minimum Gasteiger partial charge on any atom is -0.380 e. The molecule has 0 aliphatic heterocycles. The molecular formula is C22H22NO2P. The van der Waals surface area contributed by atoms with Crippen LogP contribution in [0.5, 0.6) is 0 Å². The number of hydrogen-bond acceptors (Lipinski definition) is 2. The summed E-state index contributed by atoms with van der Waals surface area (Å²) < 4.78 is 5.43. The van der Waals surface area contributed by atoms with Crippen LogP contribution < -0.4 is 21.6 Å². The second kappa shape index (κ2) is 8.18. The van der Waals surface area contributed by atoms with Gasteiger partial charge in [0, 0.05) is 7.11 Å². The first kappa shape index (κ1) is 18.2. The molecule has 0 aliphatic rings. The number of rotatable bonds is 6. The zero-order valence-electron chi connectivity index (χ0n) is 14.7. The van der Waals surface area contributed by atoms with Crippen molar-refractivity contribution in [3.8, 4) is 0 Å². The van der Waals surface area contributed by atoms with Crippen LogP contribution in [0.1, 0.15) is 0 Å². The van der Waals surface area contributed by atoms with E-state index in [0.717, 1.165) is 15.9 Å². The number of carbonyl (C=O) groups excluding carboxylic acids is 1. The summed E-state index contributed by atoms with van der Waals surface area (Å²) in [5.74, 6) is -0.420. The second-order valence-electron chi connectivity index (χ2n) is 5.92. The molecule has 0 heterocycles. The Kier molecular flexibility index (Phi) is 5.72. The van der Waals surface area contributed by atoms with Gasteiger partial charge in [-0.25, -0.2) is 0 Å². The number of nitrogens with two attached hydrogens (primary N) is 1. The van der Waals surface area contributed by atoms with Gasteiger partial charge in [-0.2, -0.15) is 0 Å². The van der Waals surface area contributed by atoms with Crippen LogP contribution >= 0.6 is 6.89 Å². The van der Waals surface area contributed by atoms with Gasteiger partial charge in [0.2, 0.25) is 5.91 Å². The third kappa shape index (κ3) is 3.24. The van der Waals surface area contributed by atoms with Crippen LogP contribution in [-0.4, -0.2) is 24.9 Å². The Balaban J connectivity index is 2.56. The van der Waals surface area contributed by atoms with Crippen molar-refractivity contribution in [3.63, 3.8) is 0 Å². The molecule has 0 bridgehead atoms. The van der Waals surface area contributed by atoms with E-state index in [2.05, 4.69) is 36.4 Å². The third-order valence-electron chi connectivity index (χ3n) is 4.40. The molecule has 3 rings (SSSR count). The molecule has 3 aromatic carbocycles. The predicted octanol–water partition coefficient (Wildman–Crippen LogP) is 2.28. The number of amides is 1. The summed E-state index contributed by atoms with van der Waals surface area (Å²) in [6.07, 6.45) is 0. The minimum atomic E-state index is -2.42. The molecule has 0 atom stereocenters. The number of primary amides is 1. The smallest absolute Gasteiger partial charge is 0.248 e. The van der Waals surface area contributed by atoms with Gasteiger partial charge in [-0.15, -0.1) is 0 Å². The maximum absolute atomic E-state index is 12.6. The fourth-order valence-corrected chi connectivity index (χ4v) is 7.68. The molecule has 4 heteroatoms. The van der Waals surface area contributed by atoms with Gasteiger partial charge in [-0.1, -0.05) is 91.0 Å². The van der Waals surface area contributed by atoms with Gasteiger partial charge < -0.3 is 10.5 Å². The van der Waals surface area contributed by atoms with Crippen molar-refractivity contribution in [1.82, 2.24) is 0 Å². The molecule has 3 nitrogen and oxygen atoms in total. The molecule has 0 saturated heterocycles. The van der Waals surface area contributed by atoms with Crippen molar-refractivity contribution < 1.29 is 9.53 Å². The first-order valence-corrected chi connectivity index (χ1v) is 10.2. The Morgan fingerprint density at radius 3 is 1.38 bits per heavy atom. The van der Waals surface area contributed by atoms with E-state index in [1.54, 1.807) is 7.11 Å². The molecule has 0 saturated carbocycles. The summed E-state index contributed by atoms with van der Waals surface area (Å²) in [5, 5.41) is 3.87. The zero-order chi connectivity index (χ0) is 18.4. The van der Waals surface area contributed by atoms with E-state index in [4.69, 9.17) is 10.5 Å². The highest BCUT2D eigenvalue weighted by molar-refractivity contribution is 7.96. The Labute approximate surface area is 154 Å². The Morgan fingerprint density at radius 2 is 1.12 bits per heavy atom. The normalized spacial score (nSPS) is 11.1. The highest BCUT2D eigenvalue weighted by atomic mass is 31.2. The minimum absolute atomic E-state index is 0.196. The van der Waals surface area contributed by atoms with Gasteiger partial charge >= 0.3 is 0 Å². The molecule has 1 amide bonds. The Morgan fingerprint density at radius 1 is 0.769 bits per heavy atom. The van der Waals surface area contributed by atoms with Crippen molar-refractivity contribution in [2.45, 2.75) is 0 Å². The van der Waals surface area contributed by atoms with E-state index < -0.39 is 12.8 Å². The van der Waals surface area contributed by atoms with Crippen molar-refractivity contribution in [1.29, 1.82) is 0 Å². The largest absolute Gasteiger partial charge is 0.380 e. The average molecular weight is 363 g/mol. The molecular weight excluding hydrogens is 341 g/mol. The van der Waals surface area contributed by atoms with Gasteiger partial charge in [-0.3, -0.25) is 4.79 Å². The van der Waals surface area contributed by atoms with Gasteiger partial charge in [0.15, 0.2) is 0 Å². The summed E-state index contributed by atoms with van der Waals surface area (Å²) in [6.45, 7) is -2.22. The SMILES string of the molecule is COCC(C(N)=O)=P(c1ccccc1)(c1ccccc1)c1ccccc1. The monoisotopic (exact) mass is 363 g/mol. The summed E-state index contributed by atoms with van der Waals surface area (Å²) >= 11 is 0. The van der Waals surface area contributed by atoms with Crippen LogP contribution in [0.25, 0.3) is 0 Å². The van der Waals surface area contributed by atoms with Crippen LogP contribution in [0, 0.1) is 0 Å². The standard InChI is InChI=1S/C22H22NO2P/c1-25-17-21(22(23)24)26(18-11-5-2-6-12-18,19-13-7-3-8-14-19)20-15-9-4-10-16-20/h2-16H,17H2,1H3,(H2,23,24). The van der Waals surface area contributed by atoms with E-state index >= 15 is 0 Å². The van der Waals surface area contributed by atoms with Crippen molar-refractivity contribution >= 4 is 34.0 Å². The molecule has 0 aliphatic carbocycles.